The van der Waals surface area contributed by atoms with Gasteiger partial charge in [-0.2, -0.15) is 0 Å². The molecule has 1 amide bonds. The summed E-state index contributed by atoms with van der Waals surface area (Å²) < 4.78 is 5.08. The summed E-state index contributed by atoms with van der Waals surface area (Å²) in [5.74, 6) is 1.41. The first kappa shape index (κ1) is 17.4. The number of aromatic hydroxyl groups is 1. The molecule has 2 N–H and O–H groups in total. The van der Waals surface area contributed by atoms with Gasteiger partial charge in [0.25, 0.3) is 5.91 Å². The Balaban J connectivity index is 1.32. The Kier molecular flexibility index (Phi) is 4.41. The van der Waals surface area contributed by atoms with Crippen LogP contribution in [0.3, 0.4) is 0 Å². The van der Waals surface area contributed by atoms with E-state index in [1.807, 2.05) is 0 Å². The van der Waals surface area contributed by atoms with Crippen molar-refractivity contribution in [1.82, 2.24) is 5.32 Å². The predicted molar refractivity (Wildman–Crippen MR) is 96.6 cm³/mol. The molecule has 4 fully saturated rings. The minimum Gasteiger partial charge on any atom is -0.507 e. The van der Waals surface area contributed by atoms with Gasteiger partial charge in [-0.1, -0.05) is 12.1 Å². The van der Waals surface area contributed by atoms with Gasteiger partial charge in [-0.25, -0.2) is 4.79 Å². The van der Waals surface area contributed by atoms with E-state index in [-0.39, 0.29) is 35.3 Å². The number of phenolic OH excluding ortho intramolecular Hbond substituents is 1. The minimum absolute atomic E-state index is 0.0782. The number of ether oxygens (including phenoxy) is 1. The highest BCUT2D eigenvalue weighted by Gasteiger charge is 2.53. The largest absolute Gasteiger partial charge is 0.507 e. The Morgan fingerprint density at radius 1 is 1.15 bits per heavy atom. The van der Waals surface area contributed by atoms with Crippen molar-refractivity contribution in [2.24, 2.45) is 23.2 Å². The van der Waals surface area contributed by atoms with Gasteiger partial charge in [0.1, 0.15) is 11.3 Å². The smallest absolute Gasteiger partial charge is 0.342 e. The fraction of sp³-hybridized carbons (Fsp3) is 0.619. The lowest BCUT2D eigenvalue weighted by Crippen LogP contribution is -2.56. The van der Waals surface area contributed by atoms with E-state index in [1.165, 1.54) is 50.7 Å². The second kappa shape index (κ2) is 6.60. The Bertz CT molecular complexity index is 678. The van der Waals surface area contributed by atoms with E-state index in [1.54, 1.807) is 12.1 Å². The van der Waals surface area contributed by atoms with Crippen LogP contribution in [0.15, 0.2) is 24.3 Å². The lowest BCUT2D eigenvalue weighted by atomic mass is 9.48. The first-order chi connectivity index (χ1) is 12.4. The van der Waals surface area contributed by atoms with Crippen LogP contribution in [-0.4, -0.2) is 29.6 Å². The third-order valence-corrected chi connectivity index (χ3v) is 6.84. The number of carbonyl (C=O) groups excluding carboxylic acids is 2. The molecule has 0 radical (unpaired) electrons. The topological polar surface area (TPSA) is 75.6 Å². The van der Waals surface area contributed by atoms with E-state index >= 15 is 0 Å². The van der Waals surface area contributed by atoms with Crippen molar-refractivity contribution in [2.45, 2.75) is 51.5 Å². The van der Waals surface area contributed by atoms with E-state index in [2.05, 4.69) is 12.2 Å². The third kappa shape index (κ3) is 3.19. The minimum atomic E-state index is -0.680. The van der Waals surface area contributed by atoms with Crippen molar-refractivity contribution in [1.29, 1.82) is 0 Å². The molecule has 4 saturated carbocycles. The summed E-state index contributed by atoms with van der Waals surface area (Å²) in [6.07, 6.45) is 7.78. The molecular formula is C21H27NO4. The van der Waals surface area contributed by atoms with Crippen molar-refractivity contribution in [3.8, 4) is 5.75 Å². The average molecular weight is 357 g/mol. The number of benzene rings is 1. The molecule has 0 heterocycles. The molecular weight excluding hydrogens is 330 g/mol. The summed E-state index contributed by atoms with van der Waals surface area (Å²) in [6.45, 7) is 1.79. The van der Waals surface area contributed by atoms with E-state index in [0.717, 1.165) is 17.8 Å². The van der Waals surface area contributed by atoms with Crippen LogP contribution in [0.1, 0.15) is 55.8 Å². The maximum Gasteiger partial charge on any atom is 0.342 e. The van der Waals surface area contributed by atoms with Gasteiger partial charge in [0.15, 0.2) is 6.61 Å². The number of carbonyl (C=O) groups is 2. The zero-order chi connectivity index (χ0) is 18.3. The maximum absolute atomic E-state index is 12.3. The van der Waals surface area contributed by atoms with Gasteiger partial charge < -0.3 is 15.2 Å². The zero-order valence-corrected chi connectivity index (χ0v) is 15.2. The van der Waals surface area contributed by atoms with E-state index < -0.39 is 5.97 Å². The van der Waals surface area contributed by atoms with E-state index in [0.29, 0.717) is 0 Å². The summed E-state index contributed by atoms with van der Waals surface area (Å²) in [5, 5.41) is 12.8. The zero-order valence-electron chi connectivity index (χ0n) is 15.2. The van der Waals surface area contributed by atoms with Crippen molar-refractivity contribution in [3.63, 3.8) is 0 Å². The number of esters is 1. The number of amides is 1. The molecule has 1 atom stereocenters. The van der Waals surface area contributed by atoms with Gasteiger partial charge in [-0.3, -0.25) is 4.79 Å². The summed E-state index contributed by atoms with van der Waals surface area (Å²) in [5.41, 5.74) is 0.306. The number of hydrogen-bond donors (Lipinski definition) is 2. The molecule has 1 aromatic rings. The molecule has 0 aromatic heterocycles. The lowest BCUT2D eigenvalue weighted by molar-refractivity contribution is -0.128. The predicted octanol–water partition coefficient (Wildman–Crippen LogP) is 3.27. The molecule has 0 saturated heterocycles. The van der Waals surface area contributed by atoms with Crippen LogP contribution < -0.4 is 5.32 Å². The van der Waals surface area contributed by atoms with Crippen LogP contribution in [-0.2, 0) is 9.53 Å². The molecule has 4 aliphatic carbocycles. The van der Waals surface area contributed by atoms with Gasteiger partial charge in [0.2, 0.25) is 0 Å². The highest BCUT2D eigenvalue weighted by molar-refractivity contribution is 5.93. The molecule has 5 heteroatoms. The van der Waals surface area contributed by atoms with Gasteiger partial charge >= 0.3 is 5.97 Å². The quantitative estimate of drug-likeness (QED) is 0.793. The number of nitrogens with one attached hydrogen (secondary N) is 1. The highest BCUT2D eigenvalue weighted by atomic mass is 16.5. The first-order valence-electron chi connectivity index (χ1n) is 9.70. The normalized spacial score (nSPS) is 32.9. The number of hydrogen-bond acceptors (Lipinski definition) is 4. The van der Waals surface area contributed by atoms with Crippen molar-refractivity contribution >= 4 is 11.9 Å². The Morgan fingerprint density at radius 2 is 1.73 bits per heavy atom. The van der Waals surface area contributed by atoms with E-state index in [4.69, 9.17) is 4.74 Å². The third-order valence-electron chi connectivity index (χ3n) is 6.84. The molecule has 0 aliphatic heterocycles. The molecule has 0 unspecified atom stereocenters. The van der Waals surface area contributed by atoms with Crippen LogP contribution in [0.25, 0.3) is 0 Å². The summed E-state index contributed by atoms with van der Waals surface area (Å²) in [6, 6.07) is 6.28. The van der Waals surface area contributed by atoms with Crippen LogP contribution in [0.4, 0.5) is 0 Å². The SMILES string of the molecule is C[C@H](NC(=O)COC(=O)c1ccccc1O)C12CC3CC(CC(C3)C1)C2. The average Bonchev–Trinajstić information content (AvgIpc) is 2.59. The van der Waals surface area contributed by atoms with Crippen LogP contribution in [0.2, 0.25) is 0 Å². The number of rotatable bonds is 5. The van der Waals surface area contributed by atoms with Crippen LogP contribution in [0, 0.1) is 23.2 Å². The summed E-state index contributed by atoms with van der Waals surface area (Å²) >= 11 is 0. The maximum atomic E-state index is 12.3. The number of phenols is 1. The molecule has 5 rings (SSSR count). The second-order valence-corrected chi connectivity index (χ2v) is 8.66. The molecule has 140 valence electrons. The van der Waals surface area contributed by atoms with Gasteiger partial charge in [-0.05, 0) is 80.8 Å². The van der Waals surface area contributed by atoms with Crippen molar-refractivity contribution in [3.05, 3.63) is 29.8 Å². The molecule has 4 bridgehead atoms. The molecule has 0 spiro atoms. The highest BCUT2D eigenvalue weighted by Crippen LogP contribution is 2.61. The fourth-order valence-corrected chi connectivity index (χ4v) is 6.00. The molecule has 5 nitrogen and oxygen atoms in total. The van der Waals surface area contributed by atoms with Crippen molar-refractivity contribution in [2.75, 3.05) is 6.61 Å². The lowest BCUT2D eigenvalue weighted by Gasteiger charge is -2.59. The van der Waals surface area contributed by atoms with Crippen LogP contribution in [0.5, 0.6) is 5.75 Å². The van der Waals surface area contributed by atoms with Gasteiger partial charge in [0.05, 0.1) is 0 Å². The molecule has 4 aliphatic rings. The standard InChI is InChI=1S/C21H27NO4/c1-13(21-9-14-6-15(10-21)8-16(7-14)11-21)22-19(24)12-26-20(25)17-4-2-3-5-18(17)23/h2-5,13-16,23H,6-12H2,1H3,(H,22,24)/t13-,14?,15?,16?,21?/m0/s1. The first-order valence-corrected chi connectivity index (χ1v) is 9.70. The monoisotopic (exact) mass is 357 g/mol. The van der Waals surface area contributed by atoms with Crippen molar-refractivity contribution < 1.29 is 19.4 Å². The van der Waals surface area contributed by atoms with E-state index in [9.17, 15) is 14.7 Å². The Hall–Kier alpha value is -2.04. The summed E-state index contributed by atoms with van der Waals surface area (Å²) in [4.78, 5) is 24.3. The van der Waals surface area contributed by atoms with Gasteiger partial charge in [-0.15, -0.1) is 0 Å². The Labute approximate surface area is 154 Å². The number of para-hydroxylation sites is 1. The summed E-state index contributed by atoms with van der Waals surface area (Å²) in [7, 11) is 0. The molecule has 26 heavy (non-hydrogen) atoms. The van der Waals surface area contributed by atoms with Crippen LogP contribution >= 0.6 is 0 Å². The Morgan fingerprint density at radius 3 is 2.31 bits per heavy atom. The fourth-order valence-electron chi connectivity index (χ4n) is 6.00. The second-order valence-electron chi connectivity index (χ2n) is 8.66. The molecule has 1 aromatic carbocycles. The van der Waals surface area contributed by atoms with Gasteiger partial charge in [0, 0.05) is 6.04 Å².